The largest absolute Gasteiger partial charge is 0.305 e. The second-order valence-electron chi connectivity index (χ2n) is 5.06. The Morgan fingerprint density at radius 2 is 2.29 bits per heavy atom. The fraction of sp³-hybridized carbons (Fsp3) is 0.917. The van der Waals surface area contributed by atoms with Gasteiger partial charge in [-0.05, 0) is 52.9 Å². The normalized spacial score (nSPS) is 21.1. The van der Waals surface area contributed by atoms with Gasteiger partial charge in [-0.1, -0.05) is 0 Å². The second kappa shape index (κ2) is 7.63. The first-order chi connectivity index (χ1) is 8.13. The van der Waals surface area contributed by atoms with Gasteiger partial charge in [-0.2, -0.15) is 0 Å². The van der Waals surface area contributed by atoms with Gasteiger partial charge >= 0.3 is 0 Å². The van der Waals surface area contributed by atoms with Crippen LogP contribution >= 0.6 is 0 Å². The van der Waals surface area contributed by atoms with Crippen LogP contribution in [0, 0.1) is 0 Å². The molecule has 1 amide bonds. The van der Waals surface area contributed by atoms with Crippen LogP contribution in [0.3, 0.4) is 0 Å². The number of carbonyl (C=O) groups is 1. The van der Waals surface area contributed by atoms with Gasteiger partial charge in [0.2, 0.25) is 5.91 Å². The summed E-state index contributed by atoms with van der Waals surface area (Å²) >= 11 is 0. The third-order valence-corrected chi connectivity index (χ3v) is 3.55. The molecule has 3 N–H and O–H groups in total. The average Bonchev–Trinajstić information content (AvgIpc) is 2.70. The zero-order chi connectivity index (χ0) is 12.7. The smallest absolute Gasteiger partial charge is 0.233 e. The number of rotatable bonds is 7. The highest BCUT2D eigenvalue weighted by Crippen LogP contribution is 2.15. The number of likely N-dealkylation sites (N-methyl/N-ethyl adjacent to an activating group) is 2. The zero-order valence-corrected chi connectivity index (χ0v) is 11.1. The first-order valence-electron chi connectivity index (χ1n) is 6.51. The van der Waals surface area contributed by atoms with Crippen molar-refractivity contribution in [3.8, 4) is 0 Å². The molecule has 5 nitrogen and oxygen atoms in total. The lowest BCUT2D eigenvalue weighted by Gasteiger charge is -2.25. The topological polar surface area (TPSA) is 61.6 Å². The molecular formula is C12H26N4O. The summed E-state index contributed by atoms with van der Waals surface area (Å²) in [6.07, 6.45) is 5.14. The highest BCUT2D eigenvalue weighted by molar-refractivity contribution is 5.75. The van der Waals surface area contributed by atoms with E-state index in [1.165, 1.54) is 19.4 Å². The summed E-state index contributed by atoms with van der Waals surface area (Å²) < 4.78 is 0. The van der Waals surface area contributed by atoms with Crippen LogP contribution < -0.4 is 11.3 Å². The van der Waals surface area contributed by atoms with Crippen molar-refractivity contribution in [2.45, 2.75) is 38.1 Å². The molecule has 0 aromatic heterocycles. The Hall–Kier alpha value is -0.650. The lowest BCUT2D eigenvalue weighted by molar-refractivity contribution is -0.121. The Kier molecular flexibility index (Phi) is 6.47. The Balaban J connectivity index is 2.04. The Morgan fingerprint density at radius 3 is 2.88 bits per heavy atom. The van der Waals surface area contributed by atoms with E-state index in [4.69, 9.17) is 5.84 Å². The molecule has 1 rings (SSSR count). The molecule has 0 spiro atoms. The van der Waals surface area contributed by atoms with Crippen LogP contribution in [-0.2, 0) is 4.79 Å². The SMILES string of the molecule is CN(CCCCC(=O)NN)CC1CCCN1C. The molecule has 0 radical (unpaired) electrons. The van der Waals surface area contributed by atoms with Crippen LogP contribution in [0.15, 0.2) is 0 Å². The van der Waals surface area contributed by atoms with Gasteiger partial charge in [0.1, 0.15) is 0 Å². The predicted octanol–water partition coefficient (Wildman–Crippen LogP) is 0.173. The summed E-state index contributed by atoms with van der Waals surface area (Å²) in [4.78, 5) is 15.7. The van der Waals surface area contributed by atoms with Gasteiger partial charge in [0.25, 0.3) is 0 Å². The molecule has 0 bridgehead atoms. The van der Waals surface area contributed by atoms with Crippen molar-refractivity contribution in [2.75, 3.05) is 33.7 Å². The summed E-state index contributed by atoms with van der Waals surface area (Å²) in [5, 5.41) is 0. The molecule has 100 valence electrons. The summed E-state index contributed by atoms with van der Waals surface area (Å²) in [6.45, 7) is 3.43. The molecule has 1 heterocycles. The molecule has 0 aromatic rings. The molecule has 1 atom stereocenters. The number of nitrogens with two attached hydrogens (primary N) is 1. The summed E-state index contributed by atoms with van der Waals surface area (Å²) in [6, 6.07) is 0.715. The molecule has 1 aliphatic rings. The van der Waals surface area contributed by atoms with E-state index in [2.05, 4.69) is 29.3 Å². The van der Waals surface area contributed by atoms with Crippen molar-refractivity contribution >= 4 is 5.91 Å². The van der Waals surface area contributed by atoms with E-state index < -0.39 is 0 Å². The van der Waals surface area contributed by atoms with Crippen LogP contribution in [0.2, 0.25) is 0 Å². The van der Waals surface area contributed by atoms with Crippen molar-refractivity contribution < 1.29 is 4.79 Å². The Bertz CT molecular complexity index is 235. The minimum absolute atomic E-state index is 0.0665. The molecule has 5 heteroatoms. The van der Waals surface area contributed by atoms with Gasteiger partial charge in [0, 0.05) is 19.0 Å². The molecule has 0 saturated carbocycles. The van der Waals surface area contributed by atoms with Gasteiger partial charge in [0.05, 0.1) is 0 Å². The zero-order valence-electron chi connectivity index (χ0n) is 11.1. The number of nitrogens with zero attached hydrogens (tertiary/aromatic N) is 2. The van der Waals surface area contributed by atoms with Crippen molar-refractivity contribution in [2.24, 2.45) is 5.84 Å². The standard InChI is InChI=1S/C12H26N4O/c1-15(8-4-3-7-12(17)14-13)10-11-6-5-9-16(11)2/h11H,3-10,13H2,1-2H3,(H,14,17). The molecule has 1 unspecified atom stereocenters. The molecule has 1 saturated heterocycles. The highest BCUT2D eigenvalue weighted by Gasteiger charge is 2.21. The van der Waals surface area contributed by atoms with Crippen LogP contribution in [0.25, 0.3) is 0 Å². The Morgan fingerprint density at radius 1 is 1.53 bits per heavy atom. The quantitative estimate of drug-likeness (QED) is 0.289. The number of likely N-dealkylation sites (tertiary alicyclic amines) is 1. The first kappa shape index (κ1) is 14.4. The number of amides is 1. The molecule has 0 aromatic carbocycles. The van der Waals surface area contributed by atoms with Gasteiger partial charge < -0.3 is 9.80 Å². The fourth-order valence-electron chi connectivity index (χ4n) is 2.40. The number of hydrogen-bond acceptors (Lipinski definition) is 4. The minimum Gasteiger partial charge on any atom is -0.305 e. The Labute approximate surface area is 104 Å². The molecule has 17 heavy (non-hydrogen) atoms. The van der Waals surface area contributed by atoms with Gasteiger partial charge in [-0.3, -0.25) is 10.2 Å². The number of carbonyl (C=O) groups excluding carboxylic acids is 1. The number of hydrazine groups is 1. The molecule has 0 aliphatic carbocycles. The fourth-order valence-corrected chi connectivity index (χ4v) is 2.40. The number of nitrogens with one attached hydrogen (secondary N) is 1. The predicted molar refractivity (Wildman–Crippen MR) is 69.3 cm³/mol. The van der Waals surface area contributed by atoms with E-state index in [-0.39, 0.29) is 5.91 Å². The summed E-state index contributed by atoms with van der Waals surface area (Å²) in [5.74, 6) is 4.96. The van der Waals surface area contributed by atoms with Crippen molar-refractivity contribution in [1.82, 2.24) is 15.2 Å². The maximum atomic E-state index is 10.9. The monoisotopic (exact) mass is 242 g/mol. The maximum Gasteiger partial charge on any atom is 0.233 e. The van der Waals surface area contributed by atoms with E-state index in [0.717, 1.165) is 25.9 Å². The van der Waals surface area contributed by atoms with E-state index in [1.54, 1.807) is 0 Å². The van der Waals surface area contributed by atoms with Crippen LogP contribution in [0.5, 0.6) is 0 Å². The molecule has 1 aliphatic heterocycles. The van der Waals surface area contributed by atoms with Crippen LogP contribution in [-0.4, -0.2) is 55.5 Å². The van der Waals surface area contributed by atoms with E-state index in [1.807, 2.05) is 0 Å². The third-order valence-electron chi connectivity index (χ3n) is 3.55. The lowest BCUT2D eigenvalue weighted by atomic mass is 10.2. The molecular weight excluding hydrogens is 216 g/mol. The van der Waals surface area contributed by atoms with E-state index in [0.29, 0.717) is 12.5 Å². The van der Waals surface area contributed by atoms with Gasteiger partial charge in [0.15, 0.2) is 0 Å². The van der Waals surface area contributed by atoms with Crippen molar-refractivity contribution in [1.29, 1.82) is 0 Å². The number of hydrogen-bond donors (Lipinski definition) is 2. The van der Waals surface area contributed by atoms with Crippen LogP contribution in [0.1, 0.15) is 32.1 Å². The summed E-state index contributed by atoms with van der Waals surface area (Å²) in [5.41, 5.74) is 2.16. The summed E-state index contributed by atoms with van der Waals surface area (Å²) in [7, 11) is 4.37. The van der Waals surface area contributed by atoms with E-state index >= 15 is 0 Å². The third kappa shape index (κ3) is 5.48. The minimum atomic E-state index is -0.0665. The average molecular weight is 242 g/mol. The van der Waals surface area contributed by atoms with Crippen molar-refractivity contribution in [3.63, 3.8) is 0 Å². The van der Waals surface area contributed by atoms with Gasteiger partial charge in [-0.15, -0.1) is 0 Å². The maximum absolute atomic E-state index is 10.9. The lowest BCUT2D eigenvalue weighted by Crippen LogP contribution is -2.37. The van der Waals surface area contributed by atoms with Crippen molar-refractivity contribution in [3.05, 3.63) is 0 Å². The highest BCUT2D eigenvalue weighted by atomic mass is 16.2. The van der Waals surface area contributed by atoms with Gasteiger partial charge in [-0.25, -0.2) is 5.84 Å². The first-order valence-corrected chi connectivity index (χ1v) is 6.51. The van der Waals surface area contributed by atoms with Crippen LogP contribution in [0.4, 0.5) is 0 Å². The second-order valence-corrected chi connectivity index (χ2v) is 5.06. The van der Waals surface area contributed by atoms with E-state index in [9.17, 15) is 4.79 Å². The molecule has 1 fully saturated rings. The number of unbranched alkanes of at least 4 members (excludes halogenated alkanes) is 1.